The van der Waals surface area contributed by atoms with Crippen LogP contribution < -0.4 is 0 Å². The van der Waals surface area contributed by atoms with Crippen molar-refractivity contribution in [2.75, 3.05) is 13.1 Å². The van der Waals surface area contributed by atoms with Crippen LogP contribution in [0.3, 0.4) is 0 Å². The SMILES string of the molecule is CC(C(=O)O)C1CN(S(=O)(=O)c2ccc(C#N)cc2)C1. The Morgan fingerprint density at radius 2 is 1.95 bits per heavy atom. The fourth-order valence-corrected chi connectivity index (χ4v) is 3.59. The van der Waals surface area contributed by atoms with Crippen LogP contribution in [0.1, 0.15) is 12.5 Å². The number of nitriles is 1. The van der Waals surface area contributed by atoms with Gasteiger partial charge in [-0.05, 0) is 30.2 Å². The molecule has 1 fully saturated rings. The van der Waals surface area contributed by atoms with E-state index in [9.17, 15) is 13.2 Å². The van der Waals surface area contributed by atoms with E-state index in [0.717, 1.165) is 0 Å². The van der Waals surface area contributed by atoms with Crippen LogP contribution in [0.4, 0.5) is 0 Å². The van der Waals surface area contributed by atoms with Gasteiger partial charge < -0.3 is 5.11 Å². The molecular formula is C13H14N2O4S. The van der Waals surface area contributed by atoms with Gasteiger partial charge in [-0.3, -0.25) is 4.79 Å². The van der Waals surface area contributed by atoms with Gasteiger partial charge in [0, 0.05) is 13.1 Å². The minimum Gasteiger partial charge on any atom is -0.481 e. The van der Waals surface area contributed by atoms with E-state index < -0.39 is 21.9 Å². The molecule has 1 heterocycles. The van der Waals surface area contributed by atoms with Crippen molar-refractivity contribution in [1.82, 2.24) is 4.31 Å². The van der Waals surface area contributed by atoms with Crippen molar-refractivity contribution in [3.05, 3.63) is 29.8 Å². The molecule has 106 valence electrons. The number of hydrogen-bond acceptors (Lipinski definition) is 4. The predicted molar refractivity (Wildman–Crippen MR) is 70.2 cm³/mol. The summed E-state index contributed by atoms with van der Waals surface area (Å²) in [5.74, 6) is -1.62. The molecule has 7 heteroatoms. The van der Waals surface area contributed by atoms with Crippen LogP contribution >= 0.6 is 0 Å². The highest BCUT2D eigenvalue weighted by Gasteiger charge is 2.41. The van der Waals surface area contributed by atoms with Gasteiger partial charge in [0.25, 0.3) is 0 Å². The Labute approximate surface area is 117 Å². The number of benzene rings is 1. The maximum atomic E-state index is 12.2. The normalized spacial score (nSPS) is 18.0. The third-order valence-corrected chi connectivity index (χ3v) is 5.44. The van der Waals surface area contributed by atoms with E-state index >= 15 is 0 Å². The van der Waals surface area contributed by atoms with Crippen molar-refractivity contribution in [2.24, 2.45) is 11.8 Å². The van der Waals surface area contributed by atoms with E-state index in [0.29, 0.717) is 5.56 Å². The maximum Gasteiger partial charge on any atom is 0.306 e. The number of hydrogen-bond donors (Lipinski definition) is 1. The number of aliphatic carboxylic acids is 1. The van der Waals surface area contributed by atoms with Gasteiger partial charge in [-0.15, -0.1) is 0 Å². The monoisotopic (exact) mass is 294 g/mol. The smallest absolute Gasteiger partial charge is 0.306 e. The molecule has 20 heavy (non-hydrogen) atoms. The van der Waals surface area contributed by atoms with E-state index in [1.165, 1.54) is 28.6 Å². The Balaban J connectivity index is 2.10. The van der Waals surface area contributed by atoms with Gasteiger partial charge in [0.2, 0.25) is 10.0 Å². The molecule has 0 radical (unpaired) electrons. The predicted octanol–water partition coefficient (Wildman–Crippen LogP) is 0.899. The summed E-state index contributed by atoms with van der Waals surface area (Å²) in [6.07, 6.45) is 0. The Kier molecular flexibility index (Phi) is 3.79. The summed E-state index contributed by atoms with van der Waals surface area (Å²) in [7, 11) is -3.59. The Hall–Kier alpha value is -1.91. The largest absolute Gasteiger partial charge is 0.481 e. The van der Waals surface area contributed by atoms with Crippen LogP contribution in [0.5, 0.6) is 0 Å². The van der Waals surface area contributed by atoms with Gasteiger partial charge in [-0.1, -0.05) is 6.92 Å². The molecule has 0 bridgehead atoms. The van der Waals surface area contributed by atoms with Crippen molar-refractivity contribution in [2.45, 2.75) is 11.8 Å². The van der Waals surface area contributed by atoms with E-state index in [1.54, 1.807) is 6.92 Å². The fourth-order valence-electron chi connectivity index (χ4n) is 2.03. The number of rotatable bonds is 4. The maximum absolute atomic E-state index is 12.2. The number of sulfonamides is 1. The Morgan fingerprint density at radius 3 is 2.40 bits per heavy atom. The van der Waals surface area contributed by atoms with Crippen molar-refractivity contribution < 1.29 is 18.3 Å². The van der Waals surface area contributed by atoms with E-state index in [1.807, 2.05) is 6.07 Å². The second kappa shape index (κ2) is 5.23. The molecule has 0 aromatic heterocycles. The highest BCUT2D eigenvalue weighted by molar-refractivity contribution is 7.89. The highest BCUT2D eigenvalue weighted by atomic mass is 32.2. The average Bonchev–Trinajstić information content (AvgIpc) is 2.36. The topological polar surface area (TPSA) is 98.5 Å². The first kappa shape index (κ1) is 14.5. The lowest BCUT2D eigenvalue weighted by atomic mass is 9.89. The number of carbonyl (C=O) groups is 1. The summed E-state index contributed by atoms with van der Waals surface area (Å²) in [4.78, 5) is 11.0. The fraction of sp³-hybridized carbons (Fsp3) is 0.385. The molecule has 1 aliphatic rings. The van der Waals surface area contributed by atoms with Crippen molar-refractivity contribution in [1.29, 1.82) is 5.26 Å². The lowest BCUT2D eigenvalue weighted by molar-refractivity contribution is -0.144. The van der Waals surface area contributed by atoms with Gasteiger partial charge in [0.15, 0.2) is 0 Å². The second-order valence-electron chi connectivity index (χ2n) is 4.85. The van der Waals surface area contributed by atoms with Crippen LogP contribution in [0, 0.1) is 23.2 Å². The first-order valence-corrected chi connectivity index (χ1v) is 7.53. The molecule has 1 unspecified atom stereocenters. The minimum absolute atomic E-state index is 0.123. The zero-order valence-electron chi connectivity index (χ0n) is 10.9. The van der Waals surface area contributed by atoms with Gasteiger partial charge in [0.05, 0.1) is 22.4 Å². The van der Waals surface area contributed by atoms with Gasteiger partial charge in [-0.25, -0.2) is 8.42 Å². The summed E-state index contributed by atoms with van der Waals surface area (Å²) in [5, 5.41) is 17.6. The van der Waals surface area contributed by atoms with Gasteiger partial charge >= 0.3 is 5.97 Å². The van der Waals surface area contributed by atoms with Crippen molar-refractivity contribution in [3.8, 4) is 6.07 Å². The number of carboxylic acids is 1. The molecule has 0 aliphatic carbocycles. The quantitative estimate of drug-likeness (QED) is 0.889. The summed E-state index contributed by atoms with van der Waals surface area (Å²) in [6, 6.07) is 7.60. The van der Waals surface area contributed by atoms with Crippen LogP contribution in [-0.2, 0) is 14.8 Å². The number of nitrogens with zero attached hydrogens (tertiary/aromatic N) is 2. The lowest BCUT2D eigenvalue weighted by Gasteiger charge is -2.39. The molecule has 0 saturated carbocycles. The molecule has 1 aliphatic heterocycles. The van der Waals surface area contributed by atoms with Gasteiger partial charge in [0.1, 0.15) is 0 Å². The molecule has 0 spiro atoms. The average molecular weight is 294 g/mol. The molecular weight excluding hydrogens is 280 g/mol. The van der Waals surface area contributed by atoms with E-state index in [4.69, 9.17) is 10.4 Å². The van der Waals surface area contributed by atoms with Crippen molar-refractivity contribution in [3.63, 3.8) is 0 Å². The standard InChI is InChI=1S/C13H14N2O4S/c1-9(13(16)17)11-7-15(8-11)20(18,19)12-4-2-10(6-14)3-5-12/h2-5,9,11H,7-8H2,1H3,(H,16,17). The third-order valence-electron chi connectivity index (χ3n) is 3.59. The Morgan fingerprint density at radius 1 is 1.40 bits per heavy atom. The molecule has 1 saturated heterocycles. The third kappa shape index (κ3) is 2.53. The summed E-state index contributed by atoms with van der Waals surface area (Å²) in [6.45, 7) is 2.02. The van der Waals surface area contributed by atoms with Crippen LogP contribution in [0.25, 0.3) is 0 Å². The molecule has 0 amide bonds. The van der Waals surface area contributed by atoms with Crippen LogP contribution in [-0.4, -0.2) is 36.9 Å². The molecule has 1 aromatic rings. The Bertz CT molecular complexity index is 655. The van der Waals surface area contributed by atoms with Crippen molar-refractivity contribution >= 4 is 16.0 Å². The summed E-state index contributed by atoms with van der Waals surface area (Å²) in [5.41, 5.74) is 0.393. The molecule has 6 nitrogen and oxygen atoms in total. The first-order chi connectivity index (χ1) is 9.36. The lowest BCUT2D eigenvalue weighted by Crippen LogP contribution is -2.53. The highest BCUT2D eigenvalue weighted by Crippen LogP contribution is 2.29. The zero-order valence-corrected chi connectivity index (χ0v) is 11.7. The molecule has 1 atom stereocenters. The van der Waals surface area contributed by atoms with Crippen LogP contribution in [0.15, 0.2) is 29.2 Å². The minimum atomic E-state index is -3.59. The zero-order chi connectivity index (χ0) is 14.9. The molecule has 1 N–H and O–H groups in total. The molecule has 1 aromatic carbocycles. The van der Waals surface area contributed by atoms with Gasteiger partial charge in [-0.2, -0.15) is 9.57 Å². The summed E-state index contributed by atoms with van der Waals surface area (Å²) < 4.78 is 25.8. The second-order valence-corrected chi connectivity index (χ2v) is 6.78. The first-order valence-electron chi connectivity index (χ1n) is 6.09. The number of carboxylic acid groups (broad SMARTS) is 1. The van der Waals surface area contributed by atoms with Crippen LogP contribution in [0.2, 0.25) is 0 Å². The molecule has 2 rings (SSSR count). The van der Waals surface area contributed by atoms with E-state index in [-0.39, 0.29) is 23.9 Å². The summed E-state index contributed by atoms with van der Waals surface area (Å²) >= 11 is 0. The van der Waals surface area contributed by atoms with E-state index in [2.05, 4.69) is 0 Å².